The van der Waals surface area contributed by atoms with Gasteiger partial charge in [-0.15, -0.1) is 0 Å². The topological polar surface area (TPSA) is 112 Å². The van der Waals surface area contributed by atoms with Crippen molar-refractivity contribution < 1.29 is 22.7 Å². The van der Waals surface area contributed by atoms with E-state index in [1.807, 2.05) is 31.3 Å². The van der Waals surface area contributed by atoms with Gasteiger partial charge in [0.1, 0.15) is 6.04 Å². The predicted octanol–water partition coefficient (Wildman–Crippen LogP) is 1.62. The van der Waals surface area contributed by atoms with Crippen LogP contribution in [0.4, 0.5) is 0 Å². The van der Waals surface area contributed by atoms with Crippen molar-refractivity contribution in [3.63, 3.8) is 0 Å². The van der Waals surface area contributed by atoms with Crippen molar-refractivity contribution in [2.45, 2.75) is 17.4 Å². The lowest BCUT2D eigenvalue weighted by atomic mass is 10.0. The Morgan fingerprint density at radius 2 is 1.82 bits per heavy atom. The summed E-state index contributed by atoms with van der Waals surface area (Å²) < 4.78 is 32.5. The molecule has 34 heavy (non-hydrogen) atoms. The molecule has 1 aromatic heterocycles. The molecule has 0 saturated carbocycles. The molecule has 4 rings (SSSR count). The number of piperazine rings is 1. The Balaban J connectivity index is 1.53. The molecule has 0 unspecified atom stereocenters. The lowest BCUT2D eigenvalue weighted by Crippen LogP contribution is -2.47. The molecule has 1 atom stereocenters. The van der Waals surface area contributed by atoms with Gasteiger partial charge in [0.25, 0.3) is 5.91 Å². The van der Waals surface area contributed by atoms with Gasteiger partial charge >= 0.3 is 5.97 Å². The third-order valence-corrected chi connectivity index (χ3v) is 7.98. The second kappa shape index (κ2) is 9.96. The zero-order chi connectivity index (χ0) is 24.3. The van der Waals surface area contributed by atoms with E-state index in [0.29, 0.717) is 26.2 Å². The summed E-state index contributed by atoms with van der Waals surface area (Å²) in [4.78, 5) is 30.7. The Labute approximate surface area is 198 Å². The van der Waals surface area contributed by atoms with Crippen LogP contribution in [0, 0.1) is 0 Å². The summed E-state index contributed by atoms with van der Waals surface area (Å²) in [6.07, 6.45) is 2.03. The fourth-order valence-corrected chi connectivity index (χ4v) is 5.54. The fourth-order valence-electron chi connectivity index (χ4n) is 4.07. The average Bonchev–Trinajstić information content (AvgIpc) is 3.26. The number of carbonyl (C=O) groups excluding carboxylic acids is 2. The minimum Gasteiger partial charge on any atom is -0.467 e. The minimum absolute atomic E-state index is 0.0518. The molecule has 0 spiro atoms. The molecular weight excluding hydrogens is 456 g/mol. The molecule has 1 aliphatic rings. The van der Waals surface area contributed by atoms with Gasteiger partial charge in [-0.1, -0.05) is 24.3 Å². The highest BCUT2D eigenvalue weighted by Crippen LogP contribution is 2.21. The van der Waals surface area contributed by atoms with Crippen LogP contribution in [0.3, 0.4) is 0 Å². The second-order valence-corrected chi connectivity index (χ2v) is 10.3. The van der Waals surface area contributed by atoms with E-state index in [-0.39, 0.29) is 16.9 Å². The maximum atomic E-state index is 13.1. The first-order chi connectivity index (χ1) is 16.3. The van der Waals surface area contributed by atoms with Crippen LogP contribution >= 0.6 is 0 Å². The zero-order valence-electron chi connectivity index (χ0n) is 19.2. The first-order valence-corrected chi connectivity index (χ1v) is 12.5. The third kappa shape index (κ3) is 4.98. The normalized spacial score (nSPS) is 16.3. The molecule has 9 nitrogen and oxygen atoms in total. The molecule has 1 aliphatic heterocycles. The van der Waals surface area contributed by atoms with Gasteiger partial charge in [-0.25, -0.2) is 13.2 Å². The van der Waals surface area contributed by atoms with Gasteiger partial charge in [0.05, 0.1) is 12.0 Å². The summed E-state index contributed by atoms with van der Waals surface area (Å²) in [6.45, 7) is 2.08. The predicted molar refractivity (Wildman–Crippen MR) is 128 cm³/mol. The van der Waals surface area contributed by atoms with Crippen LogP contribution in [0.1, 0.15) is 15.9 Å². The van der Waals surface area contributed by atoms with Crippen molar-refractivity contribution in [2.24, 2.45) is 0 Å². The molecule has 1 amide bonds. The molecule has 0 radical (unpaired) electrons. The van der Waals surface area contributed by atoms with Gasteiger partial charge in [-0.3, -0.25) is 4.79 Å². The quantitative estimate of drug-likeness (QED) is 0.493. The number of carbonyl (C=O) groups is 2. The van der Waals surface area contributed by atoms with Gasteiger partial charge in [0.15, 0.2) is 0 Å². The molecule has 0 aliphatic carbocycles. The summed E-state index contributed by atoms with van der Waals surface area (Å²) >= 11 is 0. The summed E-state index contributed by atoms with van der Waals surface area (Å²) in [5, 5.41) is 3.66. The molecule has 2 heterocycles. The standard InChI is InChI=1S/C24H28N4O5S/c1-27-10-12-28(13-11-27)34(31,32)19-7-5-6-17(14-19)23(29)26-22(24(30)33-2)15-18-16-25-21-9-4-3-8-20(18)21/h3-9,14,16,22,25H,10-13,15H2,1-2H3,(H,26,29)/t22-/m1/s1. The number of nitrogens with one attached hydrogen (secondary N) is 2. The number of benzene rings is 2. The first-order valence-electron chi connectivity index (χ1n) is 11.0. The number of esters is 1. The van der Waals surface area contributed by atoms with E-state index in [4.69, 9.17) is 4.74 Å². The molecule has 0 bridgehead atoms. The van der Waals surface area contributed by atoms with Crippen molar-refractivity contribution in [3.05, 3.63) is 65.9 Å². The SMILES string of the molecule is COC(=O)[C@@H](Cc1c[nH]c2ccccc12)NC(=O)c1cccc(S(=O)(=O)N2CCN(C)CC2)c1. The van der Waals surface area contributed by atoms with Crippen molar-refractivity contribution in [1.29, 1.82) is 0 Å². The highest BCUT2D eigenvalue weighted by molar-refractivity contribution is 7.89. The molecule has 1 saturated heterocycles. The number of likely N-dealkylation sites (N-methyl/N-ethyl adjacent to an activating group) is 1. The molecular formula is C24H28N4O5S. The third-order valence-electron chi connectivity index (χ3n) is 6.09. The van der Waals surface area contributed by atoms with Gasteiger partial charge in [-0.2, -0.15) is 4.31 Å². The minimum atomic E-state index is -3.73. The number of aromatic nitrogens is 1. The van der Waals surface area contributed by atoms with E-state index < -0.39 is 27.9 Å². The zero-order valence-corrected chi connectivity index (χ0v) is 20.0. The van der Waals surface area contributed by atoms with E-state index in [1.165, 1.54) is 35.7 Å². The van der Waals surface area contributed by atoms with Crippen LogP contribution in [-0.4, -0.2) is 80.9 Å². The maximum Gasteiger partial charge on any atom is 0.328 e. The summed E-state index contributed by atoms with van der Waals surface area (Å²) in [5.41, 5.74) is 1.94. The largest absolute Gasteiger partial charge is 0.467 e. The number of hydrogen-bond acceptors (Lipinski definition) is 6. The Morgan fingerprint density at radius 3 is 2.56 bits per heavy atom. The fraction of sp³-hybridized carbons (Fsp3) is 0.333. The van der Waals surface area contributed by atoms with Crippen LogP contribution in [0.2, 0.25) is 0 Å². The smallest absolute Gasteiger partial charge is 0.328 e. The van der Waals surface area contributed by atoms with Gasteiger partial charge in [-0.05, 0) is 36.9 Å². The van der Waals surface area contributed by atoms with Crippen LogP contribution in [0.5, 0.6) is 0 Å². The summed E-state index contributed by atoms with van der Waals surface area (Å²) in [7, 11) is -0.514. The van der Waals surface area contributed by atoms with Crippen LogP contribution in [-0.2, 0) is 26.0 Å². The Bertz CT molecular complexity index is 1300. The molecule has 3 aromatic rings. The maximum absolute atomic E-state index is 13.1. The highest BCUT2D eigenvalue weighted by Gasteiger charge is 2.29. The average molecular weight is 485 g/mol. The van der Waals surface area contributed by atoms with Gasteiger partial charge < -0.3 is 19.9 Å². The monoisotopic (exact) mass is 484 g/mol. The van der Waals surface area contributed by atoms with Crippen molar-refractivity contribution in [2.75, 3.05) is 40.3 Å². The molecule has 10 heteroatoms. The number of aromatic amines is 1. The number of sulfonamides is 1. The van der Waals surface area contributed by atoms with Crippen LogP contribution in [0.25, 0.3) is 10.9 Å². The number of methoxy groups -OCH3 is 1. The lowest BCUT2D eigenvalue weighted by Gasteiger charge is -2.31. The Morgan fingerprint density at radius 1 is 1.09 bits per heavy atom. The first kappa shape index (κ1) is 23.9. The van der Waals surface area contributed by atoms with Crippen molar-refractivity contribution >= 4 is 32.8 Å². The summed E-state index contributed by atoms with van der Waals surface area (Å²) in [6, 6.07) is 12.6. The number of amides is 1. The second-order valence-electron chi connectivity index (χ2n) is 8.35. The van der Waals surface area contributed by atoms with Crippen molar-refractivity contribution in [1.82, 2.24) is 19.5 Å². The van der Waals surface area contributed by atoms with Gasteiger partial charge in [0, 0.05) is 55.3 Å². The molecule has 2 aromatic carbocycles. The van der Waals surface area contributed by atoms with E-state index in [0.717, 1.165) is 16.5 Å². The lowest BCUT2D eigenvalue weighted by molar-refractivity contribution is -0.142. The molecule has 2 N–H and O–H groups in total. The number of fused-ring (bicyclic) bond motifs is 1. The summed E-state index contributed by atoms with van der Waals surface area (Å²) in [5.74, 6) is -1.13. The number of H-pyrrole nitrogens is 1. The van der Waals surface area contributed by atoms with Crippen LogP contribution < -0.4 is 5.32 Å². The van der Waals surface area contributed by atoms with Gasteiger partial charge in [0.2, 0.25) is 10.0 Å². The Kier molecular flexibility index (Phi) is 7.01. The van der Waals surface area contributed by atoms with Crippen LogP contribution in [0.15, 0.2) is 59.6 Å². The number of ether oxygens (including phenoxy) is 1. The number of nitrogens with zero attached hydrogens (tertiary/aromatic N) is 2. The molecule has 180 valence electrons. The van der Waals surface area contributed by atoms with E-state index in [9.17, 15) is 18.0 Å². The number of para-hydroxylation sites is 1. The molecule has 1 fully saturated rings. The van der Waals surface area contributed by atoms with Crippen molar-refractivity contribution in [3.8, 4) is 0 Å². The number of rotatable bonds is 7. The number of hydrogen-bond donors (Lipinski definition) is 2. The highest BCUT2D eigenvalue weighted by atomic mass is 32.2. The van der Waals surface area contributed by atoms with E-state index >= 15 is 0 Å². The Hall–Kier alpha value is -3.21. The van der Waals surface area contributed by atoms with E-state index in [1.54, 1.807) is 6.20 Å². The van der Waals surface area contributed by atoms with E-state index in [2.05, 4.69) is 15.2 Å².